The molecule has 0 saturated carbocycles. The van der Waals surface area contributed by atoms with E-state index < -0.39 is 28.5 Å². The smallest absolute Gasteiger partial charge is 0.264 e. The Kier molecular flexibility index (Phi) is 12.2. The second kappa shape index (κ2) is 16.3. The maximum absolute atomic E-state index is 14.5. The number of ether oxygens (including phenoxy) is 1. The zero-order valence-electron chi connectivity index (χ0n) is 26.3. The van der Waals surface area contributed by atoms with E-state index in [4.69, 9.17) is 16.3 Å². The van der Waals surface area contributed by atoms with Crippen LogP contribution in [0.4, 0.5) is 5.69 Å². The largest absolute Gasteiger partial charge is 0.494 e. The summed E-state index contributed by atoms with van der Waals surface area (Å²) in [5.74, 6) is -0.0981. The van der Waals surface area contributed by atoms with E-state index in [1.54, 1.807) is 66.7 Å². The molecule has 1 atom stereocenters. The van der Waals surface area contributed by atoms with E-state index in [0.717, 1.165) is 15.4 Å². The van der Waals surface area contributed by atoms with Gasteiger partial charge in [-0.1, -0.05) is 86.1 Å². The number of hydrogen-bond acceptors (Lipinski definition) is 5. The highest BCUT2D eigenvalue weighted by Gasteiger charge is 2.34. The first kappa shape index (κ1) is 34.5. The van der Waals surface area contributed by atoms with Crippen molar-refractivity contribution in [2.45, 2.75) is 44.7 Å². The summed E-state index contributed by atoms with van der Waals surface area (Å²) >= 11 is 6.15. The van der Waals surface area contributed by atoms with Crippen molar-refractivity contribution >= 4 is 39.1 Å². The normalized spacial score (nSPS) is 11.9. The molecule has 0 unspecified atom stereocenters. The van der Waals surface area contributed by atoms with Gasteiger partial charge in [-0.15, -0.1) is 0 Å². The summed E-state index contributed by atoms with van der Waals surface area (Å²) in [7, 11) is -4.19. The lowest BCUT2D eigenvalue weighted by atomic mass is 10.0. The maximum Gasteiger partial charge on any atom is 0.264 e. The quantitative estimate of drug-likeness (QED) is 0.160. The highest BCUT2D eigenvalue weighted by molar-refractivity contribution is 7.92. The number of rotatable bonds is 15. The molecular formula is C36H40ClN3O5S. The number of nitrogens with zero attached hydrogens (tertiary/aromatic N) is 2. The Labute approximate surface area is 277 Å². The zero-order valence-corrected chi connectivity index (χ0v) is 27.9. The number of halogens is 1. The zero-order chi connectivity index (χ0) is 33.1. The molecule has 0 heterocycles. The minimum absolute atomic E-state index is 0.0384. The van der Waals surface area contributed by atoms with E-state index >= 15 is 0 Å². The number of benzene rings is 4. The molecule has 0 radical (unpaired) electrons. The summed E-state index contributed by atoms with van der Waals surface area (Å²) in [6.45, 7) is 6.24. The molecule has 0 aromatic heterocycles. The highest BCUT2D eigenvalue weighted by Crippen LogP contribution is 2.27. The molecule has 8 nitrogen and oxygen atoms in total. The minimum atomic E-state index is -4.19. The fraction of sp³-hybridized carbons (Fsp3) is 0.278. The molecule has 0 aliphatic heterocycles. The molecule has 4 aromatic rings. The van der Waals surface area contributed by atoms with Crippen molar-refractivity contribution in [3.05, 3.63) is 125 Å². The van der Waals surface area contributed by atoms with Gasteiger partial charge >= 0.3 is 0 Å². The van der Waals surface area contributed by atoms with Gasteiger partial charge in [-0.25, -0.2) is 8.42 Å². The average molecular weight is 662 g/mol. The monoisotopic (exact) mass is 661 g/mol. The number of anilines is 1. The van der Waals surface area contributed by atoms with Gasteiger partial charge in [0.1, 0.15) is 18.3 Å². The van der Waals surface area contributed by atoms with Gasteiger partial charge in [0, 0.05) is 24.5 Å². The molecule has 4 aromatic carbocycles. The summed E-state index contributed by atoms with van der Waals surface area (Å²) in [6, 6.07) is 30.1. The Morgan fingerprint density at radius 1 is 0.826 bits per heavy atom. The summed E-state index contributed by atoms with van der Waals surface area (Å²) in [5, 5.41) is 3.53. The Morgan fingerprint density at radius 2 is 1.43 bits per heavy atom. The fourth-order valence-electron chi connectivity index (χ4n) is 4.89. The first-order chi connectivity index (χ1) is 22.1. The minimum Gasteiger partial charge on any atom is -0.494 e. The predicted octanol–water partition coefficient (Wildman–Crippen LogP) is 6.35. The van der Waals surface area contributed by atoms with Crippen LogP contribution < -0.4 is 14.4 Å². The first-order valence-electron chi connectivity index (χ1n) is 15.2. The molecule has 10 heteroatoms. The average Bonchev–Trinajstić information content (AvgIpc) is 3.06. The van der Waals surface area contributed by atoms with Crippen molar-refractivity contribution in [2.75, 3.05) is 24.0 Å². The van der Waals surface area contributed by atoms with E-state index in [0.29, 0.717) is 23.9 Å². The second-order valence-corrected chi connectivity index (χ2v) is 13.5. The van der Waals surface area contributed by atoms with Crippen LogP contribution in [0.5, 0.6) is 5.75 Å². The lowest BCUT2D eigenvalue weighted by Gasteiger charge is -2.34. The Balaban J connectivity index is 1.78. The van der Waals surface area contributed by atoms with E-state index in [2.05, 4.69) is 5.32 Å². The number of sulfonamides is 1. The number of hydrogen-bond donors (Lipinski definition) is 1. The number of amides is 2. The van der Waals surface area contributed by atoms with Crippen molar-refractivity contribution in [1.29, 1.82) is 0 Å². The SMILES string of the molecule is CCOc1ccc(N(CC(=O)N(Cc2ccc(Cl)cc2)[C@@H](Cc2ccccc2)C(=O)NCC(C)C)S(=O)(=O)c2ccccc2)cc1. The van der Waals surface area contributed by atoms with Crippen LogP contribution in [0.1, 0.15) is 31.9 Å². The molecule has 0 aliphatic rings. The second-order valence-electron chi connectivity index (χ2n) is 11.2. The fourth-order valence-corrected chi connectivity index (χ4v) is 6.45. The van der Waals surface area contributed by atoms with Gasteiger partial charge in [0.2, 0.25) is 11.8 Å². The van der Waals surface area contributed by atoms with Gasteiger partial charge < -0.3 is 15.0 Å². The molecular weight excluding hydrogens is 622 g/mol. The molecule has 0 spiro atoms. The molecule has 0 bridgehead atoms. The number of nitrogens with one attached hydrogen (secondary N) is 1. The molecule has 2 amide bonds. The van der Waals surface area contributed by atoms with Crippen LogP contribution in [0.15, 0.2) is 114 Å². The summed E-state index contributed by atoms with van der Waals surface area (Å²) < 4.78 is 34.8. The van der Waals surface area contributed by atoms with Gasteiger partial charge in [0.25, 0.3) is 10.0 Å². The summed E-state index contributed by atoms with van der Waals surface area (Å²) in [5.41, 5.74) is 1.89. The lowest BCUT2D eigenvalue weighted by Crippen LogP contribution is -2.53. The van der Waals surface area contributed by atoms with E-state index in [1.807, 2.05) is 51.1 Å². The molecule has 1 N–H and O–H groups in total. The van der Waals surface area contributed by atoms with Gasteiger partial charge in [-0.3, -0.25) is 13.9 Å². The van der Waals surface area contributed by atoms with Crippen molar-refractivity contribution in [3.8, 4) is 5.75 Å². The molecule has 4 rings (SSSR count). The standard InChI is InChI=1S/C36H40ClN3O5S/c1-4-45-32-21-19-31(20-22-32)40(46(43,44)33-13-9-6-10-14-33)26-35(41)39(25-29-15-17-30(37)18-16-29)34(36(42)38-24-27(2)3)23-28-11-7-5-8-12-28/h5-22,27,34H,4,23-26H2,1-3H3,(H,38,42)/t34-/m0/s1. The van der Waals surface area contributed by atoms with Crippen molar-refractivity contribution in [2.24, 2.45) is 5.92 Å². The van der Waals surface area contributed by atoms with Crippen molar-refractivity contribution in [1.82, 2.24) is 10.2 Å². The van der Waals surface area contributed by atoms with Gasteiger partial charge in [-0.2, -0.15) is 0 Å². The third kappa shape index (κ3) is 9.34. The van der Waals surface area contributed by atoms with Crippen LogP contribution in [-0.2, 0) is 32.6 Å². The summed E-state index contributed by atoms with van der Waals surface area (Å²) in [6.07, 6.45) is 0.235. The Morgan fingerprint density at radius 3 is 2.02 bits per heavy atom. The Bertz CT molecular complexity index is 1670. The van der Waals surface area contributed by atoms with Gasteiger partial charge in [0.05, 0.1) is 17.2 Å². The molecule has 242 valence electrons. The van der Waals surface area contributed by atoms with E-state index in [9.17, 15) is 18.0 Å². The van der Waals surface area contributed by atoms with Crippen LogP contribution in [-0.4, -0.2) is 50.9 Å². The topological polar surface area (TPSA) is 96.0 Å². The van der Waals surface area contributed by atoms with Crippen LogP contribution in [0.3, 0.4) is 0 Å². The Hall–Kier alpha value is -4.34. The summed E-state index contributed by atoms with van der Waals surface area (Å²) in [4.78, 5) is 29.9. The third-order valence-electron chi connectivity index (χ3n) is 7.27. The molecule has 0 saturated heterocycles. The van der Waals surface area contributed by atoms with Crippen LogP contribution in [0, 0.1) is 5.92 Å². The van der Waals surface area contributed by atoms with E-state index in [-0.39, 0.29) is 35.4 Å². The highest BCUT2D eigenvalue weighted by atomic mass is 35.5. The van der Waals surface area contributed by atoms with Gasteiger partial charge in [0.15, 0.2) is 0 Å². The number of carbonyl (C=O) groups is 2. The lowest BCUT2D eigenvalue weighted by molar-refractivity contribution is -0.140. The van der Waals surface area contributed by atoms with Gasteiger partial charge in [-0.05, 0) is 72.5 Å². The number of carbonyl (C=O) groups excluding carboxylic acids is 2. The molecule has 0 fully saturated rings. The van der Waals surface area contributed by atoms with Crippen LogP contribution in [0.2, 0.25) is 5.02 Å². The van der Waals surface area contributed by atoms with E-state index in [1.165, 1.54) is 17.0 Å². The predicted molar refractivity (Wildman–Crippen MR) is 182 cm³/mol. The molecule has 0 aliphatic carbocycles. The van der Waals surface area contributed by atoms with Crippen molar-refractivity contribution < 1.29 is 22.7 Å². The van der Waals surface area contributed by atoms with Crippen LogP contribution >= 0.6 is 11.6 Å². The maximum atomic E-state index is 14.5. The first-order valence-corrected chi connectivity index (χ1v) is 17.1. The molecule has 46 heavy (non-hydrogen) atoms. The van der Waals surface area contributed by atoms with Crippen molar-refractivity contribution in [3.63, 3.8) is 0 Å². The van der Waals surface area contributed by atoms with Crippen LogP contribution in [0.25, 0.3) is 0 Å². The third-order valence-corrected chi connectivity index (χ3v) is 9.31.